The lowest BCUT2D eigenvalue weighted by Crippen LogP contribution is -2.24. The standard InChI is InChI=1S/C25H44Si2/c1-24(2,3)20-14-18(22(16-20)26(7,8)9)13-19-15-21(25(4,5)6)17-23(19)27(10,11)12/h16-17H,13-15H2,1-12H3. The number of hydrogen-bond acceptors (Lipinski definition) is 0. The summed E-state index contributed by atoms with van der Waals surface area (Å²) >= 11 is 0. The second-order valence-electron chi connectivity index (χ2n) is 12.9. The predicted molar refractivity (Wildman–Crippen MR) is 130 cm³/mol. The molecule has 0 radical (unpaired) electrons. The molecular formula is C25H44Si2. The molecule has 0 bridgehead atoms. The topological polar surface area (TPSA) is 0 Å². The maximum absolute atomic E-state index is 2.60. The Balaban J connectivity index is 2.42. The molecule has 0 N–H and O–H groups in total. The highest BCUT2D eigenvalue weighted by Crippen LogP contribution is 2.46. The lowest BCUT2D eigenvalue weighted by atomic mass is 9.83. The molecule has 0 aromatic heterocycles. The molecule has 2 aliphatic rings. The van der Waals surface area contributed by atoms with E-state index in [0.717, 1.165) is 0 Å². The van der Waals surface area contributed by atoms with Crippen LogP contribution in [0.1, 0.15) is 60.8 Å². The molecule has 0 unspecified atom stereocenters. The Hall–Kier alpha value is -0.606. The first-order valence-corrected chi connectivity index (χ1v) is 17.8. The molecule has 0 aromatic rings. The molecule has 0 nitrogen and oxygen atoms in total. The molecule has 0 aliphatic heterocycles. The van der Waals surface area contributed by atoms with Crippen molar-refractivity contribution >= 4 is 16.1 Å². The minimum absolute atomic E-state index is 0.285. The highest BCUT2D eigenvalue weighted by atomic mass is 28.3. The molecule has 0 saturated carbocycles. The van der Waals surface area contributed by atoms with Crippen LogP contribution in [0.15, 0.2) is 44.8 Å². The van der Waals surface area contributed by atoms with Gasteiger partial charge in [-0.25, -0.2) is 0 Å². The van der Waals surface area contributed by atoms with Crippen LogP contribution in [0, 0.1) is 10.8 Å². The molecule has 0 aromatic carbocycles. The maximum atomic E-state index is 2.60. The van der Waals surface area contributed by atoms with Crippen molar-refractivity contribution in [3.63, 3.8) is 0 Å². The molecule has 0 atom stereocenters. The van der Waals surface area contributed by atoms with Gasteiger partial charge in [-0.2, -0.15) is 0 Å². The van der Waals surface area contributed by atoms with Gasteiger partial charge < -0.3 is 0 Å². The monoisotopic (exact) mass is 400 g/mol. The van der Waals surface area contributed by atoms with Crippen LogP contribution in [0.2, 0.25) is 39.3 Å². The third kappa shape index (κ3) is 5.26. The molecule has 0 saturated heterocycles. The fraction of sp³-hybridized carbons (Fsp3) is 0.680. The molecule has 0 spiro atoms. The highest BCUT2D eigenvalue weighted by molar-refractivity contribution is 6.84. The Kier molecular flexibility index (Phi) is 5.90. The van der Waals surface area contributed by atoms with Crippen molar-refractivity contribution in [2.75, 3.05) is 0 Å². The third-order valence-corrected chi connectivity index (χ3v) is 10.4. The van der Waals surface area contributed by atoms with Crippen molar-refractivity contribution in [2.24, 2.45) is 10.8 Å². The van der Waals surface area contributed by atoms with Crippen molar-refractivity contribution in [2.45, 2.75) is 100 Å². The van der Waals surface area contributed by atoms with Gasteiger partial charge in [-0.1, -0.05) is 126 Å². The normalized spacial score (nSPS) is 19.9. The third-order valence-electron chi connectivity index (χ3n) is 6.18. The predicted octanol–water partition coefficient (Wildman–Crippen LogP) is 8.48. The fourth-order valence-electron chi connectivity index (χ4n) is 4.33. The average Bonchev–Trinajstić information content (AvgIpc) is 3.00. The van der Waals surface area contributed by atoms with E-state index < -0.39 is 16.1 Å². The molecule has 0 fully saturated rings. The van der Waals surface area contributed by atoms with E-state index in [2.05, 4.69) is 93.0 Å². The van der Waals surface area contributed by atoms with Gasteiger partial charge in [0.25, 0.3) is 0 Å². The summed E-state index contributed by atoms with van der Waals surface area (Å²) in [7, 11) is -2.65. The second kappa shape index (κ2) is 7.02. The number of allylic oxidation sites excluding steroid dienone is 8. The van der Waals surface area contributed by atoms with E-state index in [1.165, 1.54) is 19.3 Å². The first-order valence-electron chi connectivity index (χ1n) is 10.8. The van der Waals surface area contributed by atoms with E-state index in [4.69, 9.17) is 0 Å². The Morgan fingerprint density at radius 2 is 0.926 bits per heavy atom. The molecule has 0 heterocycles. The van der Waals surface area contributed by atoms with Crippen LogP contribution < -0.4 is 0 Å². The van der Waals surface area contributed by atoms with Crippen molar-refractivity contribution in [3.8, 4) is 0 Å². The van der Waals surface area contributed by atoms with Gasteiger partial charge in [0.1, 0.15) is 0 Å². The van der Waals surface area contributed by atoms with Crippen molar-refractivity contribution < 1.29 is 0 Å². The molecular weight excluding hydrogens is 356 g/mol. The molecule has 27 heavy (non-hydrogen) atoms. The fourth-order valence-corrected chi connectivity index (χ4v) is 8.02. The van der Waals surface area contributed by atoms with E-state index in [1.54, 1.807) is 32.7 Å². The van der Waals surface area contributed by atoms with Gasteiger partial charge >= 0.3 is 0 Å². The lowest BCUT2D eigenvalue weighted by Gasteiger charge is -2.24. The Morgan fingerprint density at radius 1 is 0.630 bits per heavy atom. The summed E-state index contributed by atoms with van der Waals surface area (Å²) in [6.07, 6.45) is 8.82. The molecule has 152 valence electrons. The SMILES string of the molecule is CC(C)(C)C1=CC([Si](C)(C)C)=C(CC2=C([Si](C)(C)C)C=C(C(C)(C)C)C2)C1. The van der Waals surface area contributed by atoms with Crippen LogP contribution in [-0.2, 0) is 0 Å². The van der Waals surface area contributed by atoms with Crippen LogP contribution in [0.3, 0.4) is 0 Å². The van der Waals surface area contributed by atoms with Crippen molar-refractivity contribution in [1.82, 2.24) is 0 Å². The van der Waals surface area contributed by atoms with E-state index in [0.29, 0.717) is 0 Å². The van der Waals surface area contributed by atoms with E-state index in [-0.39, 0.29) is 10.8 Å². The summed E-state index contributed by atoms with van der Waals surface area (Å²) in [6, 6.07) is 0. The zero-order valence-corrected chi connectivity index (χ0v) is 22.3. The van der Waals surface area contributed by atoms with Crippen LogP contribution in [0.25, 0.3) is 0 Å². The van der Waals surface area contributed by atoms with Gasteiger partial charge in [-0.15, -0.1) is 0 Å². The second-order valence-corrected chi connectivity index (χ2v) is 23.0. The number of rotatable bonds is 4. The molecule has 0 amide bonds. The largest absolute Gasteiger partial charge is 0.0775 e. The van der Waals surface area contributed by atoms with Gasteiger partial charge in [0.2, 0.25) is 0 Å². The van der Waals surface area contributed by atoms with Gasteiger partial charge in [0.15, 0.2) is 0 Å². The summed E-state index contributed by atoms with van der Waals surface area (Å²) in [5.41, 5.74) is 7.35. The van der Waals surface area contributed by atoms with E-state index >= 15 is 0 Å². The van der Waals surface area contributed by atoms with Crippen LogP contribution in [0.5, 0.6) is 0 Å². The summed E-state index contributed by atoms with van der Waals surface area (Å²) in [5, 5.41) is 3.47. The van der Waals surface area contributed by atoms with Crippen molar-refractivity contribution in [3.05, 3.63) is 44.8 Å². The van der Waals surface area contributed by atoms with Gasteiger partial charge in [-0.3, -0.25) is 0 Å². The lowest BCUT2D eigenvalue weighted by molar-refractivity contribution is 0.491. The average molecular weight is 401 g/mol. The first kappa shape index (κ1) is 22.7. The van der Waals surface area contributed by atoms with E-state index in [9.17, 15) is 0 Å². The maximum Gasteiger partial charge on any atom is 0.0775 e. The van der Waals surface area contributed by atoms with Crippen LogP contribution in [0.4, 0.5) is 0 Å². The zero-order valence-electron chi connectivity index (χ0n) is 20.3. The summed E-state index contributed by atoms with van der Waals surface area (Å²) in [5.74, 6) is 0. The van der Waals surface area contributed by atoms with Crippen molar-refractivity contribution in [1.29, 1.82) is 0 Å². The summed E-state index contributed by atoms with van der Waals surface area (Å²) in [4.78, 5) is 0. The van der Waals surface area contributed by atoms with Gasteiger partial charge in [0.05, 0.1) is 16.1 Å². The Labute approximate surface area is 171 Å². The van der Waals surface area contributed by atoms with Gasteiger partial charge in [0, 0.05) is 0 Å². The molecule has 2 aliphatic carbocycles. The minimum Gasteiger partial charge on any atom is -0.0656 e. The highest BCUT2D eigenvalue weighted by Gasteiger charge is 2.34. The van der Waals surface area contributed by atoms with Crippen LogP contribution in [-0.4, -0.2) is 16.1 Å². The first-order chi connectivity index (χ1) is 11.9. The minimum atomic E-state index is -1.33. The summed E-state index contributed by atoms with van der Waals surface area (Å²) in [6.45, 7) is 29.4. The molecule has 2 heteroatoms. The number of hydrogen-bond donors (Lipinski definition) is 0. The smallest absolute Gasteiger partial charge is 0.0656 e. The quantitative estimate of drug-likeness (QED) is 0.415. The zero-order chi connectivity index (χ0) is 21.0. The molecule has 2 rings (SSSR count). The van der Waals surface area contributed by atoms with Crippen LogP contribution >= 0.6 is 0 Å². The van der Waals surface area contributed by atoms with E-state index in [1.807, 2.05) is 0 Å². The van der Waals surface area contributed by atoms with Gasteiger partial charge in [-0.05, 0) is 30.1 Å². The summed E-state index contributed by atoms with van der Waals surface area (Å²) < 4.78 is 0. The Bertz CT molecular complexity index is 663. The Morgan fingerprint density at radius 3 is 1.15 bits per heavy atom.